The second-order valence-electron chi connectivity index (χ2n) is 6.79. The van der Waals surface area contributed by atoms with E-state index in [0.717, 1.165) is 28.2 Å². The molecule has 0 radical (unpaired) electrons. The van der Waals surface area contributed by atoms with Crippen molar-refractivity contribution in [2.45, 2.75) is 39.9 Å². The quantitative estimate of drug-likeness (QED) is 0.555. The molecule has 148 valence electrons. The molecule has 0 bridgehead atoms. The van der Waals surface area contributed by atoms with E-state index >= 15 is 0 Å². The van der Waals surface area contributed by atoms with Gasteiger partial charge in [-0.1, -0.05) is 29.8 Å². The predicted molar refractivity (Wildman–Crippen MR) is 110 cm³/mol. The van der Waals surface area contributed by atoms with E-state index in [4.69, 9.17) is 20.4 Å². The summed E-state index contributed by atoms with van der Waals surface area (Å²) < 4.78 is 7.58. The van der Waals surface area contributed by atoms with Gasteiger partial charge in [0, 0.05) is 18.7 Å². The highest BCUT2D eigenvalue weighted by atomic mass is 16.5. The first-order chi connectivity index (χ1) is 13.5. The molecular formula is C21H27N5O2. The van der Waals surface area contributed by atoms with E-state index in [1.807, 2.05) is 23.6 Å². The van der Waals surface area contributed by atoms with Crippen molar-refractivity contribution in [3.8, 4) is 11.3 Å². The van der Waals surface area contributed by atoms with E-state index in [2.05, 4.69) is 36.5 Å². The van der Waals surface area contributed by atoms with Crippen molar-refractivity contribution < 1.29 is 9.53 Å². The fraction of sp³-hybridized carbons (Fsp3) is 0.381. The van der Waals surface area contributed by atoms with Gasteiger partial charge in [0.2, 0.25) is 5.91 Å². The smallest absolute Gasteiger partial charge is 0.234 e. The van der Waals surface area contributed by atoms with E-state index < -0.39 is 11.9 Å². The number of imidazole rings is 1. The number of pyridine rings is 1. The van der Waals surface area contributed by atoms with E-state index in [1.54, 1.807) is 6.92 Å². The van der Waals surface area contributed by atoms with Crippen molar-refractivity contribution in [3.63, 3.8) is 0 Å². The molecular weight excluding hydrogens is 354 g/mol. The Hall–Kier alpha value is -2.77. The van der Waals surface area contributed by atoms with Crippen LogP contribution in [0.15, 0.2) is 36.4 Å². The van der Waals surface area contributed by atoms with Gasteiger partial charge in [-0.3, -0.25) is 10.1 Å². The molecule has 7 nitrogen and oxygen atoms in total. The Kier molecular flexibility index (Phi) is 6.38. The average Bonchev–Trinajstić information content (AvgIpc) is 3.03. The number of nitrogens with two attached hydrogens (primary N) is 1. The molecule has 1 aromatic carbocycles. The molecule has 0 unspecified atom stereocenters. The molecule has 3 rings (SSSR count). The summed E-state index contributed by atoms with van der Waals surface area (Å²) in [5.74, 6) is 0.410. The zero-order chi connectivity index (χ0) is 20.1. The Morgan fingerprint density at radius 2 is 1.96 bits per heavy atom. The fourth-order valence-electron chi connectivity index (χ4n) is 2.95. The molecule has 0 aliphatic rings. The monoisotopic (exact) mass is 381 g/mol. The summed E-state index contributed by atoms with van der Waals surface area (Å²) in [6.45, 7) is 8.05. The number of nitrogens with one attached hydrogen (secondary N) is 1. The van der Waals surface area contributed by atoms with Gasteiger partial charge < -0.3 is 15.0 Å². The van der Waals surface area contributed by atoms with Gasteiger partial charge in [-0.25, -0.2) is 9.97 Å². The molecule has 1 amide bonds. The van der Waals surface area contributed by atoms with Crippen LogP contribution < -0.4 is 11.1 Å². The number of carbonyl (C=O) groups excluding carboxylic acids is 1. The van der Waals surface area contributed by atoms with Crippen molar-refractivity contribution in [3.05, 3.63) is 47.8 Å². The Morgan fingerprint density at radius 3 is 2.64 bits per heavy atom. The Morgan fingerprint density at radius 1 is 1.21 bits per heavy atom. The third-order valence-corrected chi connectivity index (χ3v) is 4.68. The van der Waals surface area contributed by atoms with E-state index in [1.165, 1.54) is 5.56 Å². The van der Waals surface area contributed by atoms with Crippen LogP contribution in [0.5, 0.6) is 0 Å². The van der Waals surface area contributed by atoms with Crippen molar-refractivity contribution in [2.75, 3.05) is 13.2 Å². The van der Waals surface area contributed by atoms with Crippen molar-refractivity contribution >= 4 is 17.1 Å². The van der Waals surface area contributed by atoms with Crippen LogP contribution in [0.2, 0.25) is 0 Å². The number of aromatic nitrogens is 3. The Bertz CT molecular complexity index is 949. The van der Waals surface area contributed by atoms with Crippen molar-refractivity contribution in [1.82, 2.24) is 19.9 Å². The van der Waals surface area contributed by atoms with Gasteiger partial charge in [0.25, 0.3) is 0 Å². The highest BCUT2D eigenvalue weighted by Gasteiger charge is 2.15. The third-order valence-electron chi connectivity index (χ3n) is 4.68. The van der Waals surface area contributed by atoms with Gasteiger partial charge in [-0.15, -0.1) is 0 Å². The summed E-state index contributed by atoms with van der Waals surface area (Å²) in [5.41, 5.74) is 10.1. The number of fused-ring (bicyclic) bond motifs is 1. The minimum Gasteiger partial charge on any atom is -0.380 e. The molecule has 3 aromatic rings. The maximum Gasteiger partial charge on any atom is 0.234 e. The van der Waals surface area contributed by atoms with Gasteiger partial charge in [0.05, 0.1) is 24.9 Å². The lowest BCUT2D eigenvalue weighted by molar-refractivity contribution is -0.119. The molecule has 0 saturated carbocycles. The molecule has 2 heterocycles. The lowest BCUT2D eigenvalue weighted by atomic mass is 10.1. The zero-order valence-corrected chi connectivity index (χ0v) is 16.6. The van der Waals surface area contributed by atoms with Crippen LogP contribution >= 0.6 is 0 Å². The van der Waals surface area contributed by atoms with Crippen LogP contribution in [0.4, 0.5) is 0 Å². The number of ether oxygens (including phenoxy) is 1. The molecule has 0 aliphatic carbocycles. The lowest BCUT2D eigenvalue weighted by Gasteiger charge is -2.12. The molecule has 0 spiro atoms. The summed E-state index contributed by atoms with van der Waals surface area (Å²) in [4.78, 5) is 20.9. The number of aryl methyl sites for hydroxylation is 1. The van der Waals surface area contributed by atoms with E-state index in [9.17, 15) is 4.79 Å². The minimum absolute atomic E-state index is 0.392. The van der Waals surface area contributed by atoms with Crippen LogP contribution in [-0.4, -0.2) is 39.7 Å². The number of hydrogen-bond acceptors (Lipinski definition) is 5. The van der Waals surface area contributed by atoms with Crippen molar-refractivity contribution in [2.24, 2.45) is 5.73 Å². The Labute approximate surface area is 164 Å². The van der Waals surface area contributed by atoms with Crippen LogP contribution in [-0.2, 0) is 22.6 Å². The normalized spacial score (nSPS) is 12.4. The average molecular weight is 381 g/mol. The van der Waals surface area contributed by atoms with E-state index in [0.29, 0.717) is 26.3 Å². The highest BCUT2D eigenvalue weighted by molar-refractivity contribution is 5.79. The number of rotatable bonds is 9. The topological polar surface area (TPSA) is 95.1 Å². The summed E-state index contributed by atoms with van der Waals surface area (Å²) >= 11 is 0. The van der Waals surface area contributed by atoms with Gasteiger partial charge in [-0.05, 0) is 32.9 Å². The number of amides is 1. The first kappa shape index (κ1) is 20.0. The summed E-state index contributed by atoms with van der Waals surface area (Å²) in [6.07, 6.45) is 0. The first-order valence-electron chi connectivity index (χ1n) is 9.53. The predicted octanol–water partition coefficient (Wildman–Crippen LogP) is 2.41. The van der Waals surface area contributed by atoms with Crippen LogP contribution in [0.25, 0.3) is 22.4 Å². The lowest BCUT2D eigenvalue weighted by Crippen LogP contribution is -2.38. The maximum absolute atomic E-state index is 11.3. The molecule has 0 saturated heterocycles. The van der Waals surface area contributed by atoms with E-state index in [-0.39, 0.29) is 0 Å². The second kappa shape index (κ2) is 8.95. The molecule has 2 aromatic heterocycles. The number of carbonyl (C=O) groups is 1. The van der Waals surface area contributed by atoms with Crippen molar-refractivity contribution in [1.29, 1.82) is 0 Å². The molecule has 28 heavy (non-hydrogen) atoms. The highest BCUT2D eigenvalue weighted by Crippen LogP contribution is 2.22. The number of benzene rings is 1. The molecule has 0 aliphatic heterocycles. The second-order valence-corrected chi connectivity index (χ2v) is 6.79. The molecule has 1 atom stereocenters. The third kappa shape index (κ3) is 4.55. The summed E-state index contributed by atoms with van der Waals surface area (Å²) in [7, 11) is 0. The Balaban J connectivity index is 1.96. The minimum atomic E-state index is -0.434. The number of primary amides is 1. The van der Waals surface area contributed by atoms with Gasteiger partial charge in [0.1, 0.15) is 11.3 Å². The number of hydrogen-bond donors (Lipinski definition) is 2. The van der Waals surface area contributed by atoms with Gasteiger partial charge in [-0.2, -0.15) is 0 Å². The van der Waals surface area contributed by atoms with Gasteiger partial charge in [0.15, 0.2) is 5.65 Å². The summed E-state index contributed by atoms with van der Waals surface area (Å²) in [6, 6.07) is 11.8. The first-order valence-corrected chi connectivity index (χ1v) is 9.53. The molecule has 7 heteroatoms. The summed E-state index contributed by atoms with van der Waals surface area (Å²) in [5, 5.41) is 3.12. The van der Waals surface area contributed by atoms with Crippen LogP contribution in [0.3, 0.4) is 0 Å². The number of nitrogens with zero attached hydrogens (tertiary/aromatic N) is 3. The van der Waals surface area contributed by atoms with Gasteiger partial charge >= 0.3 is 0 Å². The zero-order valence-electron chi connectivity index (χ0n) is 16.6. The maximum atomic E-state index is 11.3. The standard InChI is InChI=1S/C21H27N5O2/c1-4-28-12-11-26-19(13-23-15(3)20(22)27)24-18-10-9-17(25-21(18)26)16-7-5-14(2)6-8-16/h5-10,15,23H,4,11-13H2,1-3H3,(H2,22,27)/t15-/m0/s1. The fourth-order valence-corrected chi connectivity index (χ4v) is 2.95. The largest absolute Gasteiger partial charge is 0.380 e. The molecule has 0 fully saturated rings. The van der Waals surface area contributed by atoms with Crippen LogP contribution in [0, 0.1) is 6.92 Å². The SMILES string of the molecule is CCOCCn1c(CN[C@@H](C)C(N)=O)nc2ccc(-c3ccc(C)cc3)nc21. The molecule has 3 N–H and O–H groups in total. The van der Waals surface area contributed by atoms with Crippen LogP contribution in [0.1, 0.15) is 25.2 Å².